The minimum Gasteiger partial charge on any atom is -0.479 e. The van der Waals surface area contributed by atoms with Crippen molar-refractivity contribution in [1.29, 1.82) is 0 Å². The first-order valence-electron chi connectivity index (χ1n) is 4.81. The van der Waals surface area contributed by atoms with Crippen molar-refractivity contribution in [2.45, 2.75) is 6.10 Å². The van der Waals surface area contributed by atoms with E-state index in [1.807, 2.05) is 0 Å². The van der Waals surface area contributed by atoms with Crippen LogP contribution in [0.3, 0.4) is 0 Å². The van der Waals surface area contributed by atoms with Gasteiger partial charge in [0.15, 0.2) is 6.10 Å². The molecular weight excluding hydrogens is 327 g/mol. The minimum atomic E-state index is -1.63. The van der Waals surface area contributed by atoms with Crippen molar-refractivity contribution in [2.75, 3.05) is 11.9 Å². The fourth-order valence-corrected chi connectivity index (χ4v) is 1.45. The average molecular weight is 338 g/mol. The largest absolute Gasteiger partial charge is 0.479 e. The van der Waals surface area contributed by atoms with Crippen molar-refractivity contribution in [2.24, 2.45) is 0 Å². The standard InChI is InChI=1S/C10H10BrClN2O4/c11-6-2-1-5(3-7(6)12)14-10(18)13-4-8(15)9(16)17/h1-3,8,15H,4H2,(H,16,17)(H2,13,14,18). The number of halogens is 2. The van der Waals surface area contributed by atoms with E-state index in [2.05, 4.69) is 26.6 Å². The van der Waals surface area contributed by atoms with E-state index in [4.69, 9.17) is 21.8 Å². The molecule has 0 aliphatic carbocycles. The molecule has 2 amide bonds. The van der Waals surface area contributed by atoms with Crippen molar-refractivity contribution in [1.82, 2.24) is 5.32 Å². The van der Waals surface area contributed by atoms with Gasteiger partial charge in [0.25, 0.3) is 0 Å². The number of nitrogens with one attached hydrogen (secondary N) is 2. The highest BCUT2D eigenvalue weighted by molar-refractivity contribution is 9.10. The third-order valence-electron chi connectivity index (χ3n) is 1.92. The van der Waals surface area contributed by atoms with E-state index in [-0.39, 0.29) is 6.54 Å². The topological polar surface area (TPSA) is 98.7 Å². The Balaban J connectivity index is 2.49. The third kappa shape index (κ3) is 4.52. The van der Waals surface area contributed by atoms with Gasteiger partial charge in [-0.15, -0.1) is 0 Å². The maximum Gasteiger partial charge on any atom is 0.334 e. The molecule has 8 heteroatoms. The molecule has 0 aliphatic heterocycles. The molecule has 0 saturated heterocycles. The zero-order chi connectivity index (χ0) is 13.7. The van der Waals surface area contributed by atoms with Crippen LogP contribution >= 0.6 is 27.5 Å². The highest BCUT2D eigenvalue weighted by Crippen LogP contribution is 2.25. The second-order valence-electron chi connectivity index (χ2n) is 3.32. The molecule has 1 aromatic rings. The van der Waals surface area contributed by atoms with Crippen LogP contribution in [0.15, 0.2) is 22.7 Å². The first-order valence-corrected chi connectivity index (χ1v) is 5.98. The van der Waals surface area contributed by atoms with Gasteiger partial charge in [0.1, 0.15) is 0 Å². The van der Waals surface area contributed by atoms with Gasteiger partial charge in [-0.05, 0) is 34.1 Å². The molecule has 0 aliphatic rings. The Labute approximate surface area is 116 Å². The normalized spacial score (nSPS) is 11.7. The molecule has 1 rings (SSSR count). The van der Waals surface area contributed by atoms with Gasteiger partial charge in [-0.3, -0.25) is 0 Å². The highest BCUT2D eigenvalue weighted by atomic mass is 79.9. The van der Waals surface area contributed by atoms with Crippen LogP contribution in [0.5, 0.6) is 0 Å². The average Bonchev–Trinajstić information content (AvgIpc) is 2.30. The number of hydrogen-bond donors (Lipinski definition) is 4. The molecule has 0 heterocycles. The molecule has 18 heavy (non-hydrogen) atoms. The first-order chi connectivity index (χ1) is 8.40. The minimum absolute atomic E-state index is 0.384. The summed E-state index contributed by atoms with van der Waals surface area (Å²) in [6.45, 7) is -0.384. The molecule has 0 spiro atoms. The van der Waals surface area contributed by atoms with Gasteiger partial charge in [-0.1, -0.05) is 11.6 Å². The molecule has 0 aromatic heterocycles. The summed E-state index contributed by atoms with van der Waals surface area (Å²) in [4.78, 5) is 21.7. The third-order valence-corrected chi connectivity index (χ3v) is 3.15. The molecule has 1 aromatic carbocycles. The molecule has 1 atom stereocenters. The van der Waals surface area contributed by atoms with Crippen molar-refractivity contribution >= 4 is 45.2 Å². The van der Waals surface area contributed by atoms with Crippen LogP contribution < -0.4 is 10.6 Å². The number of aliphatic hydroxyl groups is 1. The van der Waals surface area contributed by atoms with Crippen LogP contribution in [0.1, 0.15) is 0 Å². The maximum atomic E-state index is 11.4. The SMILES string of the molecule is O=C(NCC(O)C(=O)O)Nc1ccc(Br)c(Cl)c1. The van der Waals surface area contributed by atoms with Gasteiger partial charge >= 0.3 is 12.0 Å². The van der Waals surface area contributed by atoms with Crippen molar-refractivity contribution in [3.05, 3.63) is 27.7 Å². The number of benzene rings is 1. The summed E-state index contributed by atoms with van der Waals surface area (Å²) in [6, 6.07) is 4.17. The predicted octanol–water partition coefficient (Wildman–Crippen LogP) is 1.67. The van der Waals surface area contributed by atoms with Gasteiger partial charge in [0.2, 0.25) is 0 Å². The number of aliphatic carboxylic acids is 1. The number of carboxylic acids is 1. The summed E-state index contributed by atoms with van der Waals surface area (Å²) in [6.07, 6.45) is -1.63. The van der Waals surface area contributed by atoms with Gasteiger partial charge in [0.05, 0.1) is 11.6 Å². The molecule has 0 saturated carbocycles. The maximum absolute atomic E-state index is 11.4. The van der Waals surface area contributed by atoms with E-state index in [1.54, 1.807) is 12.1 Å². The predicted molar refractivity (Wildman–Crippen MR) is 69.8 cm³/mol. The Kier molecular flexibility index (Phi) is 5.39. The van der Waals surface area contributed by atoms with E-state index in [9.17, 15) is 9.59 Å². The molecule has 6 nitrogen and oxygen atoms in total. The molecule has 98 valence electrons. The van der Waals surface area contributed by atoms with Gasteiger partial charge in [-0.25, -0.2) is 9.59 Å². The number of anilines is 1. The Morgan fingerprint density at radius 3 is 2.67 bits per heavy atom. The molecule has 0 fully saturated rings. The lowest BCUT2D eigenvalue weighted by atomic mass is 10.3. The van der Waals surface area contributed by atoms with Crippen LogP contribution in [-0.4, -0.2) is 34.9 Å². The summed E-state index contributed by atoms with van der Waals surface area (Å²) in [5, 5.41) is 22.4. The quantitative estimate of drug-likeness (QED) is 0.671. The van der Waals surface area contributed by atoms with E-state index in [1.165, 1.54) is 6.07 Å². The smallest absolute Gasteiger partial charge is 0.334 e. The van der Waals surface area contributed by atoms with Crippen molar-refractivity contribution in [3.63, 3.8) is 0 Å². The number of aliphatic hydroxyl groups excluding tert-OH is 1. The fraction of sp³-hybridized carbons (Fsp3) is 0.200. The van der Waals surface area contributed by atoms with E-state index < -0.39 is 18.1 Å². The molecule has 0 bridgehead atoms. The Hall–Kier alpha value is -1.31. The van der Waals surface area contributed by atoms with Crippen LogP contribution in [0.4, 0.5) is 10.5 Å². The number of rotatable bonds is 4. The summed E-state index contributed by atoms with van der Waals surface area (Å²) in [5.74, 6) is -1.40. The first kappa shape index (κ1) is 14.7. The van der Waals surface area contributed by atoms with Crippen LogP contribution in [-0.2, 0) is 4.79 Å². The fourth-order valence-electron chi connectivity index (χ4n) is 1.03. The monoisotopic (exact) mass is 336 g/mol. The zero-order valence-corrected chi connectivity index (χ0v) is 11.3. The lowest BCUT2D eigenvalue weighted by Crippen LogP contribution is -2.38. The van der Waals surface area contributed by atoms with E-state index in [0.29, 0.717) is 15.2 Å². The summed E-state index contributed by atoms with van der Waals surface area (Å²) in [7, 11) is 0. The number of hydrogen-bond acceptors (Lipinski definition) is 3. The van der Waals surface area contributed by atoms with Gasteiger partial charge in [-0.2, -0.15) is 0 Å². The molecule has 4 N–H and O–H groups in total. The molecule has 0 radical (unpaired) electrons. The lowest BCUT2D eigenvalue weighted by molar-refractivity contribution is -0.146. The van der Waals surface area contributed by atoms with Gasteiger partial charge < -0.3 is 20.8 Å². The number of carbonyl (C=O) groups is 2. The summed E-state index contributed by atoms with van der Waals surface area (Å²) < 4.78 is 0.691. The summed E-state index contributed by atoms with van der Waals surface area (Å²) in [5.41, 5.74) is 0.450. The van der Waals surface area contributed by atoms with Crippen molar-refractivity contribution < 1.29 is 19.8 Å². The number of carboxylic acid groups (broad SMARTS) is 1. The van der Waals surface area contributed by atoms with Crippen molar-refractivity contribution in [3.8, 4) is 0 Å². The van der Waals surface area contributed by atoms with Crippen LogP contribution in [0, 0.1) is 0 Å². The second kappa shape index (κ2) is 6.58. The molecular formula is C10H10BrClN2O4. The number of carbonyl (C=O) groups excluding carboxylic acids is 1. The zero-order valence-electron chi connectivity index (χ0n) is 8.98. The summed E-state index contributed by atoms with van der Waals surface area (Å²) >= 11 is 9.03. The van der Waals surface area contributed by atoms with Gasteiger partial charge in [0, 0.05) is 10.2 Å². The lowest BCUT2D eigenvalue weighted by Gasteiger charge is -2.09. The Bertz CT molecular complexity index is 469. The van der Waals surface area contributed by atoms with Crippen LogP contribution in [0.2, 0.25) is 5.02 Å². The number of amides is 2. The highest BCUT2D eigenvalue weighted by Gasteiger charge is 2.14. The molecule has 1 unspecified atom stereocenters. The van der Waals surface area contributed by atoms with E-state index in [0.717, 1.165) is 0 Å². The van der Waals surface area contributed by atoms with Crippen LogP contribution in [0.25, 0.3) is 0 Å². The Morgan fingerprint density at radius 1 is 1.44 bits per heavy atom. The Morgan fingerprint density at radius 2 is 2.11 bits per heavy atom. The second-order valence-corrected chi connectivity index (χ2v) is 4.58. The number of urea groups is 1. The van der Waals surface area contributed by atoms with E-state index >= 15 is 0 Å².